The van der Waals surface area contributed by atoms with Gasteiger partial charge in [0, 0.05) is 10.9 Å². The molecule has 90 valence electrons. The average Bonchev–Trinajstić information content (AvgIpc) is 2.22. The fraction of sp³-hybridized carbons (Fsp3) is 0.308. The fourth-order valence-corrected chi connectivity index (χ4v) is 1.80. The molecule has 0 spiro atoms. The first kappa shape index (κ1) is 11.8. The molecule has 0 amide bonds. The van der Waals surface area contributed by atoms with E-state index in [1.807, 2.05) is 20.8 Å². The second kappa shape index (κ2) is 3.65. The van der Waals surface area contributed by atoms with Crippen LogP contribution in [0.1, 0.15) is 26.3 Å². The summed E-state index contributed by atoms with van der Waals surface area (Å²) in [5.74, 6) is -1.61. The van der Waals surface area contributed by atoms with Crippen LogP contribution in [-0.4, -0.2) is 4.98 Å². The Balaban J connectivity index is 2.80. The summed E-state index contributed by atoms with van der Waals surface area (Å²) < 4.78 is 26.6. The molecule has 1 heterocycles. The number of anilines is 1. The topological polar surface area (TPSA) is 38.9 Å². The van der Waals surface area contributed by atoms with Crippen LogP contribution in [-0.2, 0) is 5.41 Å². The highest BCUT2D eigenvalue weighted by atomic mass is 19.2. The minimum atomic E-state index is -0.949. The van der Waals surface area contributed by atoms with Crippen molar-refractivity contribution in [1.29, 1.82) is 0 Å². The van der Waals surface area contributed by atoms with Gasteiger partial charge in [0.25, 0.3) is 0 Å². The summed E-state index contributed by atoms with van der Waals surface area (Å²) in [6.07, 6.45) is 0. The molecule has 17 heavy (non-hydrogen) atoms. The monoisotopic (exact) mass is 236 g/mol. The summed E-state index contributed by atoms with van der Waals surface area (Å²) in [4.78, 5) is 3.97. The first-order valence-corrected chi connectivity index (χ1v) is 5.35. The lowest BCUT2D eigenvalue weighted by Gasteiger charge is -2.21. The molecule has 0 aliphatic carbocycles. The van der Waals surface area contributed by atoms with Crippen molar-refractivity contribution in [2.45, 2.75) is 26.2 Å². The second-order valence-electron chi connectivity index (χ2n) is 5.10. The van der Waals surface area contributed by atoms with E-state index in [4.69, 9.17) is 5.73 Å². The maximum Gasteiger partial charge on any atom is 0.185 e. The van der Waals surface area contributed by atoms with Crippen molar-refractivity contribution in [3.8, 4) is 0 Å². The highest BCUT2D eigenvalue weighted by molar-refractivity contribution is 5.82. The van der Waals surface area contributed by atoms with E-state index in [1.165, 1.54) is 6.07 Å². The van der Waals surface area contributed by atoms with Gasteiger partial charge in [0.05, 0.1) is 0 Å². The lowest BCUT2D eigenvalue weighted by molar-refractivity contribution is 0.515. The van der Waals surface area contributed by atoms with Crippen LogP contribution in [0.3, 0.4) is 0 Å². The quantitative estimate of drug-likeness (QED) is 0.761. The van der Waals surface area contributed by atoms with E-state index < -0.39 is 11.6 Å². The van der Waals surface area contributed by atoms with Crippen LogP contribution in [0.5, 0.6) is 0 Å². The third-order valence-corrected chi connectivity index (χ3v) is 2.72. The molecular formula is C13H14F2N2. The van der Waals surface area contributed by atoms with Gasteiger partial charge in [-0.1, -0.05) is 20.8 Å². The number of aromatic nitrogens is 1. The molecule has 4 heteroatoms. The minimum absolute atomic E-state index is 0.0181. The molecule has 2 rings (SSSR count). The molecule has 2 aromatic rings. The van der Waals surface area contributed by atoms with Crippen LogP contribution in [0.25, 0.3) is 10.9 Å². The molecule has 1 aromatic carbocycles. The van der Waals surface area contributed by atoms with E-state index in [0.29, 0.717) is 5.39 Å². The Kier molecular flexibility index (Phi) is 2.53. The van der Waals surface area contributed by atoms with Gasteiger partial charge in [-0.05, 0) is 23.6 Å². The van der Waals surface area contributed by atoms with Crippen molar-refractivity contribution >= 4 is 16.7 Å². The van der Waals surface area contributed by atoms with Gasteiger partial charge in [-0.25, -0.2) is 13.8 Å². The normalized spacial score (nSPS) is 12.1. The van der Waals surface area contributed by atoms with E-state index in [9.17, 15) is 8.78 Å². The summed E-state index contributed by atoms with van der Waals surface area (Å²) in [5, 5.41) is 0.558. The first-order chi connectivity index (χ1) is 7.80. The molecule has 0 unspecified atom stereocenters. The fourth-order valence-electron chi connectivity index (χ4n) is 1.80. The lowest BCUT2D eigenvalue weighted by Crippen LogP contribution is -2.15. The molecule has 0 fully saturated rings. The van der Waals surface area contributed by atoms with Crippen LogP contribution in [0.15, 0.2) is 18.2 Å². The van der Waals surface area contributed by atoms with Crippen LogP contribution in [0, 0.1) is 11.6 Å². The maximum absolute atomic E-state index is 13.5. The van der Waals surface area contributed by atoms with Crippen molar-refractivity contribution in [1.82, 2.24) is 4.98 Å². The van der Waals surface area contributed by atoms with Gasteiger partial charge in [0.2, 0.25) is 0 Å². The molecule has 0 bridgehead atoms. The van der Waals surface area contributed by atoms with E-state index >= 15 is 0 Å². The van der Waals surface area contributed by atoms with Crippen molar-refractivity contribution in [2.75, 3.05) is 5.73 Å². The van der Waals surface area contributed by atoms with Gasteiger partial charge >= 0.3 is 0 Å². The predicted octanol–water partition coefficient (Wildman–Crippen LogP) is 3.39. The molecule has 0 saturated carbocycles. The van der Waals surface area contributed by atoms with Gasteiger partial charge in [0.1, 0.15) is 11.3 Å². The van der Waals surface area contributed by atoms with Gasteiger partial charge in [-0.3, -0.25) is 0 Å². The van der Waals surface area contributed by atoms with Gasteiger partial charge in [0.15, 0.2) is 11.6 Å². The third-order valence-electron chi connectivity index (χ3n) is 2.72. The first-order valence-electron chi connectivity index (χ1n) is 5.35. The van der Waals surface area contributed by atoms with Gasteiger partial charge in [-0.2, -0.15) is 0 Å². The van der Waals surface area contributed by atoms with Crippen molar-refractivity contribution in [3.63, 3.8) is 0 Å². The number of fused-ring (bicyclic) bond motifs is 1. The minimum Gasteiger partial charge on any atom is -0.383 e. The van der Waals surface area contributed by atoms with E-state index in [1.54, 1.807) is 6.07 Å². The summed E-state index contributed by atoms with van der Waals surface area (Å²) in [6.45, 7) is 5.98. The van der Waals surface area contributed by atoms with E-state index in [2.05, 4.69) is 4.98 Å². The lowest BCUT2D eigenvalue weighted by atomic mass is 9.86. The van der Waals surface area contributed by atoms with E-state index in [-0.39, 0.29) is 16.7 Å². The van der Waals surface area contributed by atoms with Gasteiger partial charge in [-0.15, -0.1) is 0 Å². The zero-order valence-corrected chi connectivity index (χ0v) is 10.0. The highest BCUT2D eigenvalue weighted by Gasteiger charge is 2.20. The number of halogens is 2. The molecule has 2 nitrogen and oxygen atoms in total. The average molecular weight is 236 g/mol. The number of hydrogen-bond acceptors (Lipinski definition) is 2. The van der Waals surface area contributed by atoms with Crippen LogP contribution >= 0.6 is 0 Å². The third kappa shape index (κ3) is 1.95. The predicted molar refractivity (Wildman–Crippen MR) is 64.8 cm³/mol. The number of pyridine rings is 1. The molecule has 0 atom stereocenters. The van der Waals surface area contributed by atoms with Crippen LogP contribution < -0.4 is 5.73 Å². The smallest absolute Gasteiger partial charge is 0.185 e. The molecular weight excluding hydrogens is 222 g/mol. The number of hydrogen-bond donors (Lipinski definition) is 1. The zero-order valence-electron chi connectivity index (χ0n) is 10.0. The van der Waals surface area contributed by atoms with Crippen molar-refractivity contribution in [3.05, 3.63) is 35.4 Å². The summed E-state index contributed by atoms with van der Waals surface area (Å²) in [6, 6.07) is 4.37. The number of benzene rings is 1. The molecule has 0 radical (unpaired) electrons. The molecule has 2 N–H and O–H groups in total. The van der Waals surface area contributed by atoms with Crippen molar-refractivity contribution in [2.24, 2.45) is 0 Å². The molecule has 0 aliphatic rings. The molecule has 0 aliphatic heterocycles. The van der Waals surface area contributed by atoms with Crippen LogP contribution in [0.2, 0.25) is 0 Å². The molecule has 0 saturated heterocycles. The zero-order chi connectivity index (χ0) is 12.8. The van der Waals surface area contributed by atoms with Gasteiger partial charge < -0.3 is 5.73 Å². The number of nitrogens with two attached hydrogens (primary N) is 1. The Morgan fingerprint density at radius 1 is 1.18 bits per heavy atom. The second-order valence-corrected chi connectivity index (χ2v) is 5.10. The summed E-state index contributed by atoms with van der Waals surface area (Å²) >= 11 is 0. The standard InChI is InChI=1S/C13H14F2N2/c1-13(2,3)8-6-7-4-5-9(14)10(15)11(7)17-12(8)16/h4-6H,1-3H3,(H2,16,17). The maximum atomic E-state index is 13.5. The SMILES string of the molecule is CC(C)(C)c1cc2ccc(F)c(F)c2nc1N. The Morgan fingerprint density at radius 2 is 1.82 bits per heavy atom. The molecule has 1 aromatic heterocycles. The largest absolute Gasteiger partial charge is 0.383 e. The Hall–Kier alpha value is -1.71. The van der Waals surface area contributed by atoms with E-state index in [0.717, 1.165) is 11.6 Å². The summed E-state index contributed by atoms with van der Waals surface area (Å²) in [5.41, 5.74) is 6.42. The summed E-state index contributed by atoms with van der Waals surface area (Å²) in [7, 11) is 0. The Bertz CT molecular complexity index is 586. The van der Waals surface area contributed by atoms with Crippen LogP contribution in [0.4, 0.5) is 14.6 Å². The Morgan fingerprint density at radius 3 is 2.41 bits per heavy atom. The number of nitrogens with zero attached hydrogens (tertiary/aromatic N) is 1. The highest BCUT2D eigenvalue weighted by Crippen LogP contribution is 2.30. The number of rotatable bonds is 0. The van der Waals surface area contributed by atoms with Crippen molar-refractivity contribution < 1.29 is 8.78 Å². The Labute approximate surface area is 98.5 Å². The number of nitrogen functional groups attached to an aromatic ring is 1.